The number of sulfonamides is 1. The maximum absolute atomic E-state index is 13.4. The summed E-state index contributed by atoms with van der Waals surface area (Å²) in [5.41, 5.74) is -2.00. The van der Waals surface area contributed by atoms with Gasteiger partial charge >= 0.3 is 18.4 Å². The molecule has 0 radical (unpaired) electrons. The Morgan fingerprint density at radius 3 is 2.20 bits per heavy atom. The molecule has 190 valence electrons. The number of alkyl halides is 6. The van der Waals surface area contributed by atoms with E-state index in [4.69, 9.17) is 4.74 Å². The molecule has 1 heterocycles. The van der Waals surface area contributed by atoms with E-state index in [1.54, 1.807) is 31.2 Å². The van der Waals surface area contributed by atoms with Crippen molar-refractivity contribution in [3.05, 3.63) is 71.0 Å². The smallest absolute Gasteiger partial charge is 0.417 e. The molecule has 0 aliphatic heterocycles. The van der Waals surface area contributed by atoms with Crippen molar-refractivity contribution in [1.29, 1.82) is 0 Å². The van der Waals surface area contributed by atoms with E-state index in [9.17, 15) is 34.8 Å². The van der Waals surface area contributed by atoms with Gasteiger partial charge in [-0.15, -0.1) is 0 Å². The van der Waals surface area contributed by atoms with Gasteiger partial charge in [0.1, 0.15) is 5.75 Å². The van der Waals surface area contributed by atoms with E-state index in [1.165, 1.54) is 17.7 Å². The third kappa shape index (κ3) is 5.96. The van der Waals surface area contributed by atoms with Gasteiger partial charge in [0.25, 0.3) is 0 Å². The minimum atomic E-state index is -5.20. The van der Waals surface area contributed by atoms with Crippen LogP contribution in [0.1, 0.15) is 42.3 Å². The van der Waals surface area contributed by atoms with Crippen molar-refractivity contribution in [2.75, 3.05) is 0 Å². The number of rotatable bonds is 7. The number of nitrogens with zero attached hydrogens (tertiary/aromatic N) is 2. The van der Waals surface area contributed by atoms with Crippen LogP contribution in [0.15, 0.2) is 53.6 Å². The van der Waals surface area contributed by atoms with Crippen LogP contribution in [0.2, 0.25) is 0 Å². The molecule has 1 atom stereocenters. The van der Waals surface area contributed by atoms with Gasteiger partial charge in [0, 0.05) is 6.54 Å². The van der Waals surface area contributed by atoms with Gasteiger partial charge in [-0.25, -0.2) is 18.1 Å². The fraction of sp³-hybridized carbons (Fsp3) is 0.318. The summed E-state index contributed by atoms with van der Waals surface area (Å²) in [5, 5.41) is 0. The lowest BCUT2D eigenvalue weighted by molar-refractivity contribution is -0.143. The summed E-state index contributed by atoms with van der Waals surface area (Å²) in [7, 11) is -5.04. The maximum Gasteiger partial charge on any atom is 0.417 e. The Morgan fingerprint density at radius 1 is 1.03 bits per heavy atom. The normalized spacial score (nSPS) is 13.6. The van der Waals surface area contributed by atoms with Crippen LogP contribution >= 0.6 is 0 Å². The maximum atomic E-state index is 13.4. The van der Waals surface area contributed by atoms with E-state index in [-0.39, 0.29) is 36.4 Å². The number of benzene rings is 2. The standard InChI is InChI=1S/C22H21F6N3O3S/c1-4-31-18(12-29-20(31)34-16-8-5-13(2)6-9-16)14(3)30-35(32,33)19-11-15(21(23,24)25)7-10-17(19)22(26,27)28/h5-12,14,30H,4H2,1-3H3. The fourth-order valence-electron chi connectivity index (χ4n) is 3.34. The van der Waals surface area contributed by atoms with Gasteiger partial charge in [0.2, 0.25) is 10.0 Å². The van der Waals surface area contributed by atoms with Crippen molar-refractivity contribution in [3.8, 4) is 11.8 Å². The van der Waals surface area contributed by atoms with Crippen LogP contribution in [0.25, 0.3) is 0 Å². The number of hydrogen-bond donors (Lipinski definition) is 1. The molecule has 3 rings (SSSR count). The largest absolute Gasteiger partial charge is 0.426 e. The number of halogens is 6. The molecule has 13 heteroatoms. The first-order valence-corrected chi connectivity index (χ1v) is 11.7. The van der Waals surface area contributed by atoms with E-state index in [2.05, 4.69) is 4.98 Å². The van der Waals surface area contributed by atoms with Crippen LogP contribution in [0.3, 0.4) is 0 Å². The molecule has 0 saturated carbocycles. The van der Waals surface area contributed by atoms with Gasteiger partial charge in [0.05, 0.1) is 34.0 Å². The monoisotopic (exact) mass is 521 g/mol. The lowest BCUT2D eigenvalue weighted by Gasteiger charge is -2.20. The molecule has 0 aliphatic carbocycles. The number of aryl methyl sites for hydroxylation is 1. The second-order valence-corrected chi connectivity index (χ2v) is 9.36. The highest BCUT2D eigenvalue weighted by Crippen LogP contribution is 2.38. The number of nitrogens with one attached hydrogen (secondary N) is 1. The molecule has 35 heavy (non-hydrogen) atoms. The van der Waals surface area contributed by atoms with Crippen LogP contribution in [0.4, 0.5) is 26.3 Å². The molecule has 0 amide bonds. The van der Waals surface area contributed by atoms with Crippen LogP contribution in [-0.2, 0) is 28.9 Å². The third-order valence-corrected chi connectivity index (χ3v) is 6.66. The summed E-state index contributed by atoms with van der Waals surface area (Å²) in [6, 6.07) is 6.22. The molecule has 6 nitrogen and oxygen atoms in total. The van der Waals surface area contributed by atoms with Crippen LogP contribution < -0.4 is 9.46 Å². The average Bonchev–Trinajstić information content (AvgIpc) is 3.16. The van der Waals surface area contributed by atoms with Crippen molar-refractivity contribution in [2.24, 2.45) is 0 Å². The van der Waals surface area contributed by atoms with Gasteiger partial charge in [-0.2, -0.15) is 26.3 Å². The highest BCUT2D eigenvalue weighted by molar-refractivity contribution is 7.89. The molecule has 3 aromatic rings. The molecule has 0 aliphatic rings. The molecule has 0 bridgehead atoms. The summed E-state index contributed by atoms with van der Waals surface area (Å²) >= 11 is 0. The Kier molecular flexibility index (Phi) is 7.23. The second-order valence-electron chi connectivity index (χ2n) is 7.67. The number of aromatic nitrogens is 2. The first-order valence-electron chi connectivity index (χ1n) is 10.2. The molecular weight excluding hydrogens is 500 g/mol. The minimum absolute atomic E-state index is 0.0269. The van der Waals surface area contributed by atoms with Crippen molar-refractivity contribution < 1.29 is 39.5 Å². The Balaban J connectivity index is 1.96. The highest BCUT2D eigenvalue weighted by atomic mass is 32.2. The summed E-state index contributed by atoms with van der Waals surface area (Å²) in [6.07, 6.45) is -8.96. The SMILES string of the molecule is CCn1c(C(C)NS(=O)(=O)c2cc(C(F)(F)F)ccc2C(F)(F)F)cnc1Oc1ccc(C)cc1. The molecule has 0 saturated heterocycles. The Labute approximate surface area is 197 Å². The van der Waals surface area contributed by atoms with Crippen molar-refractivity contribution in [3.63, 3.8) is 0 Å². The van der Waals surface area contributed by atoms with Crippen LogP contribution in [0, 0.1) is 6.92 Å². The summed E-state index contributed by atoms with van der Waals surface area (Å²) in [5.74, 6) is 0.453. The topological polar surface area (TPSA) is 73.2 Å². The Morgan fingerprint density at radius 2 is 1.66 bits per heavy atom. The first-order chi connectivity index (χ1) is 16.1. The van der Waals surface area contributed by atoms with E-state index in [0.717, 1.165) is 5.56 Å². The second kappa shape index (κ2) is 9.53. The van der Waals surface area contributed by atoms with Crippen molar-refractivity contribution in [2.45, 2.75) is 50.6 Å². The lowest BCUT2D eigenvalue weighted by atomic mass is 10.1. The van der Waals surface area contributed by atoms with Gasteiger partial charge < -0.3 is 4.74 Å². The fourth-order valence-corrected chi connectivity index (χ4v) is 4.81. The summed E-state index contributed by atoms with van der Waals surface area (Å²) in [4.78, 5) is 2.59. The van der Waals surface area contributed by atoms with E-state index < -0.39 is 44.4 Å². The zero-order valence-electron chi connectivity index (χ0n) is 18.7. The number of ether oxygens (including phenoxy) is 1. The summed E-state index contributed by atoms with van der Waals surface area (Å²) in [6.45, 7) is 5.19. The highest BCUT2D eigenvalue weighted by Gasteiger charge is 2.40. The molecule has 2 aromatic carbocycles. The molecule has 1 aromatic heterocycles. The molecule has 0 spiro atoms. The Hall–Kier alpha value is -3.06. The van der Waals surface area contributed by atoms with Gasteiger partial charge in [0.15, 0.2) is 0 Å². The van der Waals surface area contributed by atoms with Crippen LogP contribution in [-0.4, -0.2) is 18.0 Å². The Bertz CT molecular complexity index is 1300. The third-order valence-electron chi connectivity index (χ3n) is 5.08. The lowest BCUT2D eigenvalue weighted by Crippen LogP contribution is -2.30. The number of hydrogen-bond acceptors (Lipinski definition) is 4. The molecular formula is C22H21F6N3O3S. The van der Waals surface area contributed by atoms with Crippen molar-refractivity contribution >= 4 is 10.0 Å². The predicted octanol–water partition coefficient (Wildman–Crippen LogP) is 6.08. The van der Waals surface area contributed by atoms with Gasteiger partial charge in [-0.3, -0.25) is 4.57 Å². The molecule has 1 N–H and O–H groups in total. The molecule has 0 fully saturated rings. The van der Waals surface area contributed by atoms with E-state index >= 15 is 0 Å². The molecule has 1 unspecified atom stereocenters. The zero-order valence-corrected chi connectivity index (χ0v) is 19.5. The first kappa shape index (κ1) is 26.5. The van der Waals surface area contributed by atoms with Gasteiger partial charge in [-0.1, -0.05) is 17.7 Å². The predicted molar refractivity (Wildman–Crippen MR) is 114 cm³/mol. The number of imidazole rings is 1. The summed E-state index contributed by atoms with van der Waals surface area (Å²) < 4.78 is 114. The average molecular weight is 521 g/mol. The van der Waals surface area contributed by atoms with Gasteiger partial charge in [-0.05, 0) is 51.1 Å². The van der Waals surface area contributed by atoms with Crippen molar-refractivity contribution in [1.82, 2.24) is 14.3 Å². The van der Waals surface area contributed by atoms with E-state index in [0.29, 0.717) is 5.75 Å². The zero-order chi connectivity index (χ0) is 26.2. The quantitative estimate of drug-likeness (QED) is 0.383. The van der Waals surface area contributed by atoms with Crippen LogP contribution in [0.5, 0.6) is 11.8 Å². The van der Waals surface area contributed by atoms with E-state index in [1.807, 2.05) is 11.6 Å². The minimum Gasteiger partial charge on any atom is -0.426 e.